The van der Waals surface area contributed by atoms with Crippen LogP contribution in [0, 0.1) is 11.6 Å². The number of rotatable bonds is 4. The smallest absolute Gasteiger partial charge is 0.509 e. The Balaban J connectivity index is 3.04. The third-order valence-electron chi connectivity index (χ3n) is 1.52. The standard InChI is InChI=1S/C8H9BF2O4/c1-2-14-7-3-5(10)6(11)4-8(7)15-9(12)13/h3-4,12-13H,2H2,1H3. The second kappa shape index (κ2) is 4.95. The Morgan fingerprint density at radius 3 is 2.20 bits per heavy atom. The van der Waals surface area contributed by atoms with E-state index in [2.05, 4.69) is 4.65 Å². The average Bonchev–Trinajstić information content (AvgIpc) is 2.13. The van der Waals surface area contributed by atoms with Crippen LogP contribution in [0.1, 0.15) is 6.92 Å². The molecule has 0 radical (unpaired) electrons. The molecule has 0 unspecified atom stereocenters. The third kappa shape index (κ3) is 3.07. The van der Waals surface area contributed by atoms with Gasteiger partial charge in [-0.15, -0.1) is 0 Å². The first-order chi connectivity index (χ1) is 7.04. The molecule has 0 amide bonds. The molecule has 4 nitrogen and oxygen atoms in total. The molecule has 0 aromatic heterocycles. The first-order valence-corrected chi connectivity index (χ1v) is 4.19. The summed E-state index contributed by atoms with van der Waals surface area (Å²) in [4.78, 5) is 0. The fraction of sp³-hybridized carbons (Fsp3) is 0.250. The Bertz CT molecular complexity index is 346. The van der Waals surface area contributed by atoms with Crippen LogP contribution in [0.2, 0.25) is 0 Å². The van der Waals surface area contributed by atoms with E-state index in [0.29, 0.717) is 6.07 Å². The van der Waals surface area contributed by atoms with Crippen molar-refractivity contribution >= 4 is 7.32 Å². The van der Waals surface area contributed by atoms with E-state index in [1.54, 1.807) is 6.92 Å². The summed E-state index contributed by atoms with van der Waals surface area (Å²) in [6, 6.07) is 1.45. The van der Waals surface area contributed by atoms with Crippen LogP contribution >= 0.6 is 0 Å². The lowest BCUT2D eigenvalue weighted by Crippen LogP contribution is -2.21. The Morgan fingerprint density at radius 2 is 1.73 bits per heavy atom. The molecular formula is C8H9BF2O4. The maximum Gasteiger partial charge on any atom is 0.707 e. The van der Waals surface area contributed by atoms with Gasteiger partial charge in [-0.05, 0) is 6.92 Å². The van der Waals surface area contributed by atoms with Crippen molar-refractivity contribution in [2.75, 3.05) is 6.61 Å². The molecule has 0 aliphatic carbocycles. The molecule has 1 aromatic rings. The van der Waals surface area contributed by atoms with Crippen molar-refractivity contribution in [3.8, 4) is 11.5 Å². The van der Waals surface area contributed by atoms with Crippen LogP contribution in [0.25, 0.3) is 0 Å². The second-order valence-electron chi connectivity index (χ2n) is 2.59. The van der Waals surface area contributed by atoms with Crippen LogP contribution in [-0.2, 0) is 0 Å². The van der Waals surface area contributed by atoms with Gasteiger partial charge in [-0.2, -0.15) is 0 Å². The van der Waals surface area contributed by atoms with E-state index in [-0.39, 0.29) is 18.1 Å². The van der Waals surface area contributed by atoms with Crippen molar-refractivity contribution in [2.24, 2.45) is 0 Å². The fourth-order valence-corrected chi connectivity index (χ4v) is 0.984. The van der Waals surface area contributed by atoms with Gasteiger partial charge in [0, 0.05) is 12.1 Å². The lowest BCUT2D eigenvalue weighted by molar-refractivity contribution is 0.269. The lowest BCUT2D eigenvalue weighted by atomic mass is 10.2. The van der Waals surface area contributed by atoms with E-state index in [4.69, 9.17) is 14.8 Å². The highest BCUT2D eigenvalue weighted by Gasteiger charge is 2.18. The lowest BCUT2D eigenvalue weighted by Gasteiger charge is -2.11. The minimum Gasteiger partial charge on any atom is -0.509 e. The Morgan fingerprint density at radius 1 is 1.20 bits per heavy atom. The number of halogens is 2. The zero-order valence-electron chi connectivity index (χ0n) is 7.91. The molecular weight excluding hydrogens is 209 g/mol. The second-order valence-corrected chi connectivity index (χ2v) is 2.59. The van der Waals surface area contributed by atoms with Gasteiger partial charge in [0.05, 0.1) is 6.61 Å². The van der Waals surface area contributed by atoms with Crippen LogP contribution in [0.3, 0.4) is 0 Å². The van der Waals surface area contributed by atoms with Gasteiger partial charge in [-0.3, -0.25) is 0 Å². The Hall–Kier alpha value is -1.34. The topological polar surface area (TPSA) is 58.9 Å². The Labute approximate surface area is 85.2 Å². The van der Waals surface area contributed by atoms with Gasteiger partial charge < -0.3 is 19.4 Å². The monoisotopic (exact) mass is 218 g/mol. The first kappa shape index (κ1) is 11.7. The van der Waals surface area contributed by atoms with Gasteiger partial charge in [0.25, 0.3) is 0 Å². The first-order valence-electron chi connectivity index (χ1n) is 4.19. The average molecular weight is 218 g/mol. The highest BCUT2D eigenvalue weighted by Crippen LogP contribution is 2.29. The molecule has 1 rings (SSSR count). The maximum absolute atomic E-state index is 12.8. The molecule has 1 aromatic carbocycles. The highest BCUT2D eigenvalue weighted by atomic mass is 19.2. The molecule has 0 saturated carbocycles. The number of hydrogen-bond donors (Lipinski definition) is 2. The van der Waals surface area contributed by atoms with Gasteiger partial charge in [-0.1, -0.05) is 0 Å². The summed E-state index contributed by atoms with van der Waals surface area (Å²) >= 11 is 0. The normalized spacial score (nSPS) is 9.93. The fourth-order valence-electron chi connectivity index (χ4n) is 0.984. The minimum absolute atomic E-state index is 0.0931. The summed E-state index contributed by atoms with van der Waals surface area (Å²) in [7, 11) is -2.12. The van der Waals surface area contributed by atoms with Crippen LogP contribution in [-0.4, -0.2) is 24.0 Å². The molecule has 0 heterocycles. The molecule has 2 N–H and O–H groups in total. The zero-order chi connectivity index (χ0) is 11.4. The van der Waals surface area contributed by atoms with E-state index in [1.165, 1.54) is 0 Å². The SMILES string of the molecule is CCOc1cc(F)c(F)cc1OB(O)O. The van der Waals surface area contributed by atoms with Crippen molar-refractivity contribution in [1.82, 2.24) is 0 Å². The van der Waals surface area contributed by atoms with E-state index in [1.807, 2.05) is 0 Å². The van der Waals surface area contributed by atoms with E-state index in [9.17, 15) is 8.78 Å². The molecule has 0 aliphatic heterocycles. The van der Waals surface area contributed by atoms with Crippen molar-refractivity contribution in [1.29, 1.82) is 0 Å². The van der Waals surface area contributed by atoms with Gasteiger partial charge in [0.2, 0.25) is 0 Å². The summed E-state index contributed by atoms with van der Waals surface area (Å²) < 4.78 is 34.9. The van der Waals surface area contributed by atoms with E-state index >= 15 is 0 Å². The molecule has 82 valence electrons. The number of hydrogen-bond acceptors (Lipinski definition) is 4. The van der Waals surface area contributed by atoms with Crippen molar-refractivity contribution < 1.29 is 28.2 Å². The summed E-state index contributed by atoms with van der Waals surface area (Å²) in [6.07, 6.45) is 0. The van der Waals surface area contributed by atoms with E-state index < -0.39 is 19.0 Å². The zero-order valence-corrected chi connectivity index (χ0v) is 7.91. The molecule has 0 atom stereocenters. The predicted octanol–water partition coefficient (Wildman–Crippen LogP) is 0.712. The summed E-state index contributed by atoms with van der Waals surface area (Å²) in [5.41, 5.74) is 0. The number of ether oxygens (including phenoxy) is 1. The molecule has 15 heavy (non-hydrogen) atoms. The van der Waals surface area contributed by atoms with Crippen molar-refractivity contribution in [2.45, 2.75) is 6.92 Å². The quantitative estimate of drug-likeness (QED) is 0.730. The summed E-state index contributed by atoms with van der Waals surface area (Å²) in [5, 5.41) is 17.0. The predicted molar refractivity (Wildman–Crippen MR) is 48.3 cm³/mol. The maximum atomic E-state index is 12.8. The van der Waals surface area contributed by atoms with Crippen LogP contribution < -0.4 is 9.39 Å². The van der Waals surface area contributed by atoms with Gasteiger partial charge in [0.15, 0.2) is 17.4 Å². The van der Waals surface area contributed by atoms with Gasteiger partial charge in [0.1, 0.15) is 5.75 Å². The summed E-state index contributed by atoms with van der Waals surface area (Å²) in [6.45, 7) is 1.85. The van der Waals surface area contributed by atoms with Crippen molar-refractivity contribution in [3.05, 3.63) is 23.8 Å². The molecule has 7 heteroatoms. The van der Waals surface area contributed by atoms with E-state index in [0.717, 1.165) is 6.07 Å². The van der Waals surface area contributed by atoms with Crippen LogP contribution in [0.15, 0.2) is 12.1 Å². The van der Waals surface area contributed by atoms with Gasteiger partial charge in [-0.25, -0.2) is 8.78 Å². The third-order valence-corrected chi connectivity index (χ3v) is 1.52. The largest absolute Gasteiger partial charge is 0.707 e. The van der Waals surface area contributed by atoms with Crippen LogP contribution in [0.5, 0.6) is 11.5 Å². The highest BCUT2D eigenvalue weighted by molar-refractivity contribution is 6.33. The number of benzene rings is 1. The van der Waals surface area contributed by atoms with Gasteiger partial charge >= 0.3 is 7.32 Å². The van der Waals surface area contributed by atoms with Crippen LogP contribution in [0.4, 0.5) is 8.78 Å². The Kier molecular flexibility index (Phi) is 3.87. The van der Waals surface area contributed by atoms with Crippen molar-refractivity contribution in [3.63, 3.8) is 0 Å². The molecule has 0 fully saturated rings. The molecule has 0 spiro atoms. The molecule has 0 saturated heterocycles. The molecule has 0 aliphatic rings. The molecule has 0 bridgehead atoms. The minimum atomic E-state index is -2.12. The summed E-state index contributed by atoms with van der Waals surface area (Å²) in [5.74, 6) is -2.62.